The number of hydrogen-bond donors (Lipinski definition) is 2. The van der Waals surface area contributed by atoms with Crippen LogP contribution in [0.5, 0.6) is 0 Å². The zero-order valence-electron chi connectivity index (χ0n) is 6.36. The lowest BCUT2D eigenvalue weighted by Crippen LogP contribution is -1.92. The van der Waals surface area contributed by atoms with Gasteiger partial charge in [-0.2, -0.15) is 15.4 Å². The van der Waals surface area contributed by atoms with Gasteiger partial charge in [-0.3, -0.25) is 0 Å². The van der Waals surface area contributed by atoms with Crippen molar-refractivity contribution in [2.24, 2.45) is 0 Å². The molecule has 61 valence electrons. The number of nitrogens with one attached hydrogen (secondary N) is 1. The minimum Gasteiger partial charge on any atom is -0.388 e. The molecule has 2 aromatic rings. The number of aliphatic hydroxyl groups excluding tert-OH is 1. The molecule has 2 rings (SSSR count). The number of para-hydroxylation sites is 1. The van der Waals surface area contributed by atoms with Gasteiger partial charge in [-0.05, 0) is 13.0 Å². The average Bonchev–Trinajstić information content (AvgIpc) is 2.49. The maximum Gasteiger partial charge on any atom is 0.118 e. The monoisotopic (exact) mass is 162 g/mol. The van der Waals surface area contributed by atoms with Crippen LogP contribution in [0.2, 0.25) is 0 Å². The highest BCUT2D eigenvalue weighted by atomic mass is 16.3. The van der Waals surface area contributed by atoms with Crippen molar-refractivity contribution in [2.75, 3.05) is 0 Å². The standard InChI is InChI=1S/C8H8N3O/c1-5(12)6-3-2-4-7-8(6)10-11-9-7/h2-5,12H,1H2,(H,9,10,11). The molecule has 0 saturated heterocycles. The molecule has 0 spiro atoms. The van der Waals surface area contributed by atoms with Crippen LogP contribution in [0.4, 0.5) is 0 Å². The number of rotatable bonds is 1. The van der Waals surface area contributed by atoms with E-state index in [0.717, 1.165) is 5.52 Å². The maximum atomic E-state index is 9.25. The summed E-state index contributed by atoms with van der Waals surface area (Å²) in [6.45, 7) is 3.51. The van der Waals surface area contributed by atoms with E-state index in [0.29, 0.717) is 11.1 Å². The number of aromatic nitrogens is 3. The van der Waals surface area contributed by atoms with Gasteiger partial charge in [0.05, 0.1) is 6.10 Å². The lowest BCUT2D eigenvalue weighted by Gasteiger charge is -2.02. The summed E-state index contributed by atoms with van der Waals surface area (Å²) in [6, 6.07) is 5.42. The van der Waals surface area contributed by atoms with Gasteiger partial charge in [0.2, 0.25) is 0 Å². The van der Waals surface area contributed by atoms with E-state index in [1.54, 1.807) is 6.07 Å². The van der Waals surface area contributed by atoms with Crippen LogP contribution in [0.15, 0.2) is 18.2 Å². The van der Waals surface area contributed by atoms with Crippen LogP contribution in [0.3, 0.4) is 0 Å². The normalized spacial score (nSPS) is 13.5. The zero-order valence-corrected chi connectivity index (χ0v) is 6.36. The Kier molecular flexibility index (Phi) is 1.55. The lowest BCUT2D eigenvalue weighted by atomic mass is 10.1. The van der Waals surface area contributed by atoms with E-state index < -0.39 is 6.10 Å². The Bertz CT molecular complexity index is 394. The van der Waals surface area contributed by atoms with Gasteiger partial charge in [0, 0.05) is 5.56 Å². The Hall–Kier alpha value is -1.42. The third-order valence-corrected chi connectivity index (χ3v) is 1.74. The van der Waals surface area contributed by atoms with Gasteiger partial charge in [0.15, 0.2) is 0 Å². The molecule has 0 bridgehead atoms. The van der Waals surface area contributed by atoms with Crippen LogP contribution < -0.4 is 0 Å². The van der Waals surface area contributed by atoms with E-state index in [9.17, 15) is 5.11 Å². The second-order valence-corrected chi connectivity index (χ2v) is 2.55. The topological polar surface area (TPSA) is 61.8 Å². The molecule has 1 aromatic carbocycles. The highest BCUT2D eigenvalue weighted by Gasteiger charge is 2.08. The first-order chi connectivity index (χ1) is 5.79. The molecular formula is C8H8N3O. The van der Waals surface area contributed by atoms with Crippen LogP contribution in [0.1, 0.15) is 11.7 Å². The summed E-state index contributed by atoms with van der Waals surface area (Å²) < 4.78 is 0. The van der Waals surface area contributed by atoms with Gasteiger partial charge in [0.25, 0.3) is 0 Å². The zero-order chi connectivity index (χ0) is 8.55. The summed E-state index contributed by atoms with van der Waals surface area (Å²) in [5.74, 6) is 0. The maximum absolute atomic E-state index is 9.25. The average molecular weight is 162 g/mol. The van der Waals surface area contributed by atoms with Crippen LogP contribution in [0.25, 0.3) is 11.0 Å². The molecule has 1 radical (unpaired) electrons. The largest absolute Gasteiger partial charge is 0.388 e. The molecule has 1 atom stereocenters. The molecule has 0 saturated carbocycles. The third-order valence-electron chi connectivity index (χ3n) is 1.74. The molecule has 0 aliphatic carbocycles. The highest BCUT2D eigenvalue weighted by molar-refractivity contribution is 5.77. The smallest absolute Gasteiger partial charge is 0.118 e. The fourth-order valence-corrected chi connectivity index (χ4v) is 1.16. The summed E-state index contributed by atoms with van der Waals surface area (Å²) in [5.41, 5.74) is 2.12. The number of aromatic amines is 1. The Morgan fingerprint density at radius 2 is 2.25 bits per heavy atom. The predicted octanol–water partition coefficient (Wildman–Crippen LogP) is 0.825. The van der Waals surface area contributed by atoms with Crippen molar-refractivity contribution in [3.05, 3.63) is 30.7 Å². The van der Waals surface area contributed by atoms with Gasteiger partial charge in [-0.15, -0.1) is 0 Å². The predicted molar refractivity (Wildman–Crippen MR) is 44.2 cm³/mol. The van der Waals surface area contributed by atoms with E-state index in [-0.39, 0.29) is 0 Å². The summed E-state index contributed by atoms with van der Waals surface area (Å²) in [6.07, 6.45) is -0.751. The summed E-state index contributed by atoms with van der Waals surface area (Å²) in [4.78, 5) is 0. The number of benzene rings is 1. The number of nitrogens with zero attached hydrogens (tertiary/aromatic N) is 2. The van der Waals surface area contributed by atoms with E-state index in [1.807, 2.05) is 12.1 Å². The molecule has 4 nitrogen and oxygen atoms in total. The fourth-order valence-electron chi connectivity index (χ4n) is 1.16. The Labute approximate surface area is 69.2 Å². The Balaban J connectivity index is 2.73. The molecule has 1 heterocycles. The van der Waals surface area contributed by atoms with Crippen molar-refractivity contribution in [1.29, 1.82) is 0 Å². The summed E-state index contributed by atoms with van der Waals surface area (Å²) >= 11 is 0. The molecule has 1 aromatic heterocycles. The van der Waals surface area contributed by atoms with Crippen LogP contribution in [-0.4, -0.2) is 20.5 Å². The molecule has 0 fully saturated rings. The molecule has 0 aliphatic heterocycles. The molecule has 12 heavy (non-hydrogen) atoms. The number of aliphatic hydroxyl groups is 1. The highest BCUT2D eigenvalue weighted by Crippen LogP contribution is 2.19. The molecule has 1 unspecified atom stereocenters. The summed E-state index contributed by atoms with van der Waals surface area (Å²) in [5, 5.41) is 19.5. The van der Waals surface area contributed by atoms with Gasteiger partial charge >= 0.3 is 0 Å². The van der Waals surface area contributed by atoms with Crippen LogP contribution in [0, 0.1) is 6.92 Å². The first kappa shape index (κ1) is 7.24. The second-order valence-electron chi connectivity index (χ2n) is 2.55. The second kappa shape index (κ2) is 2.57. The van der Waals surface area contributed by atoms with Gasteiger partial charge in [0.1, 0.15) is 11.0 Å². The Morgan fingerprint density at radius 1 is 1.42 bits per heavy atom. The van der Waals surface area contributed by atoms with Crippen molar-refractivity contribution in [3.63, 3.8) is 0 Å². The fraction of sp³-hybridized carbons (Fsp3) is 0.125. The molecule has 4 heteroatoms. The molecule has 2 N–H and O–H groups in total. The van der Waals surface area contributed by atoms with Gasteiger partial charge < -0.3 is 5.11 Å². The van der Waals surface area contributed by atoms with Crippen LogP contribution in [-0.2, 0) is 0 Å². The SMILES string of the molecule is [CH2]C(O)c1cccc2n[nH]nc12. The van der Waals surface area contributed by atoms with Gasteiger partial charge in [-0.1, -0.05) is 12.1 Å². The minimum absolute atomic E-state index is 0.681. The van der Waals surface area contributed by atoms with Gasteiger partial charge in [-0.25, -0.2) is 0 Å². The lowest BCUT2D eigenvalue weighted by molar-refractivity contribution is 0.227. The van der Waals surface area contributed by atoms with Crippen molar-refractivity contribution in [1.82, 2.24) is 15.4 Å². The molecule has 0 amide bonds. The first-order valence-electron chi connectivity index (χ1n) is 3.59. The minimum atomic E-state index is -0.751. The van der Waals surface area contributed by atoms with E-state index in [1.165, 1.54) is 0 Å². The Morgan fingerprint density at radius 3 is 3.00 bits per heavy atom. The van der Waals surface area contributed by atoms with E-state index in [4.69, 9.17) is 0 Å². The van der Waals surface area contributed by atoms with Crippen molar-refractivity contribution in [3.8, 4) is 0 Å². The van der Waals surface area contributed by atoms with Crippen molar-refractivity contribution < 1.29 is 5.11 Å². The molecular weight excluding hydrogens is 154 g/mol. The van der Waals surface area contributed by atoms with E-state index >= 15 is 0 Å². The number of H-pyrrole nitrogens is 1. The summed E-state index contributed by atoms with van der Waals surface area (Å²) in [7, 11) is 0. The first-order valence-corrected chi connectivity index (χ1v) is 3.59. The van der Waals surface area contributed by atoms with Crippen molar-refractivity contribution >= 4 is 11.0 Å². The van der Waals surface area contributed by atoms with Crippen molar-refractivity contribution in [2.45, 2.75) is 6.10 Å². The third kappa shape index (κ3) is 0.967. The number of hydrogen-bond acceptors (Lipinski definition) is 3. The number of fused-ring (bicyclic) bond motifs is 1. The molecule has 0 aliphatic rings. The quantitative estimate of drug-likeness (QED) is 0.652. The van der Waals surface area contributed by atoms with Crippen LogP contribution >= 0.6 is 0 Å². The van der Waals surface area contributed by atoms with E-state index in [2.05, 4.69) is 22.3 Å².